The standard InChI is InChI=1S/C15H22ClNO2/c1-5-19-14-9-13(15(14,2)3)17-12-8-10(18-4)6-7-11(12)16/h6-8,13-14,17H,5,9H2,1-4H3. The molecule has 3 nitrogen and oxygen atoms in total. The molecule has 1 saturated carbocycles. The van der Waals surface area contributed by atoms with Crippen molar-refractivity contribution in [1.29, 1.82) is 0 Å². The summed E-state index contributed by atoms with van der Waals surface area (Å²) in [7, 11) is 1.66. The first-order valence-electron chi connectivity index (χ1n) is 6.70. The van der Waals surface area contributed by atoms with Crippen LogP contribution in [0.3, 0.4) is 0 Å². The van der Waals surface area contributed by atoms with Crippen LogP contribution in [0.25, 0.3) is 0 Å². The van der Waals surface area contributed by atoms with Crippen LogP contribution in [0.5, 0.6) is 5.75 Å². The average molecular weight is 284 g/mol. The highest BCUT2D eigenvalue weighted by atomic mass is 35.5. The van der Waals surface area contributed by atoms with E-state index in [0.29, 0.717) is 12.1 Å². The average Bonchev–Trinajstić information content (AvgIpc) is 2.39. The van der Waals surface area contributed by atoms with Crippen molar-refractivity contribution in [3.8, 4) is 5.75 Å². The number of halogens is 1. The highest BCUT2D eigenvalue weighted by Crippen LogP contribution is 2.45. The Balaban J connectivity index is 2.07. The molecule has 0 aromatic heterocycles. The van der Waals surface area contributed by atoms with E-state index in [0.717, 1.165) is 29.5 Å². The van der Waals surface area contributed by atoms with Crippen LogP contribution in [-0.2, 0) is 4.74 Å². The molecule has 1 N–H and O–H groups in total. The summed E-state index contributed by atoms with van der Waals surface area (Å²) >= 11 is 6.22. The van der Waals surface area contributed by atoms with E-state index in [4.69, 9.17) is 21.1 Å². The maximum absolute atomic E-state index is 6.22. The normalized spacial score (nSPS) is 24.7. The van der Waals surface area contributed by atoms with Crippen molar-refractivity contribution >= 4 is 17.3 Å². The summed E-state index contributed by atoms with van der Waals surface area (Å²) in [6, 6.07) is 6.03. The molecule has 1 aromatic rings. The highest BCUT2D eigenvalue weighted by Gasteiger charge is 2.49. The largest absolute Gasteiger partial charge is 0.497 e. The lowest BCUT2D eigenvalue weighted by Gasteiger charge is -2.52. The highest BCUT2D eigenvalue weighted by molar-refractivity contribution is 6.33. The van der Waals surface area contributed by atoms with E-state index in [1.165, 1.54) is 0 Å². The van der Waals surface area contributed by atoms with Crippen LogP contribution in [0.2, 0.25) is 5.02 Å². The van der Waals surface area contributed by atoms with Crippen LogP contribution in [0.1, 0.15) is 27.2 Å². The first kappa shape index (κ1) is 14.5. The second kappa shape index (κ2) is 5.59. The Bertz CT molecular complexity index is 448. The first-order chi connectivity index (χ1) is 8.98. The number of hydrogen-bond acceptors (Lipinski definition) is 3. The van der Waals surface area contributed by atoms with Gasteiger partial charge in [-0.1, -0.05) is 25.4 Å². The number of ether oxygens (including phenoxy) is 2. The van der Waals surface area contributed by atoms with Gasteiger partial charge in [0.15, 0.2) is 0 Å². The summed E-state index contributed by atoms with van der Waals surface area (Å²) < 4.78 is 11.0. The molecule has 2 unspecified atom stereocenters. The molecule has 0 spiro atoms. The summed E-state index contributed by atoms with van der Waals surface area (Å²) in [5.74, 6) is 0.811. The van der Waals surface area contributed by atoms with Crippen molar-refractivity contribution in [2.24, 2.45) is 5.41 Å². The molecule has 0 amide bonds. The van der Waals surface area contributed by atoms with E-state index < -0.39 is 0 Å². The summed E-state index contributed by atoms with van der Waals surface area (Å²) in [5, 5.41) is 4.23. The molecule has 1 aliphatic carbocycles. The van der Waals surface area contributed by atoms with E-state index >= 15 is 0 Å². The lowest BCUT2D eigenvalue weighted by Crippen LogP contribution is -2.58. The van der Waals surface area contributed by atoms with E-state index in [1.807, 2.05) is 25.1 Å². The Kier molecular flexibility index (Phi) is 4.26. The fourth-order valence-electron chi connectivity index (χ4n) is 2.54. The van der Waals surface area contributed by atoms with Crippen molar-refractivity contribution in [2.75, 3.05) is 19.0 Å². The molecule has 0 saturated heterocycles. The zero-order chi connectivity index (χ0) is 14.0. The van der Waals surface area contributed by atoms with Crippen LogP contribution in [0, 0.1) is 5.41 Å². The van der Waals surface area contributed by atoms with Crippen molar-refractivity contribution in [1.82, 2.24) is 0 Å². The molecule has 0 heterocycles. The summed E-state index contributed by atoms with van der Waals surface area (Å²) in [4.78, 5) is 0. The minimum atomic E-state index is 0.114. The van der Waals surface area contributed by atoms with Gasteiger partial charge in [-0.25, -0.2) is 0 Å². The molecule has 1 aliphatic rings. The zero-order valence-electron chi connectivity index (χ0n) is 12.0. The van der Waals surface area contributed by atoms with Gasteiger partial charge in [0.25, 0.3) is 0 Å². The smallest absolute Gasteiger partial charge is 0.121 e. The van der Waals surface area contributed by atoms with Gasteiger partial charge in [0, 0.05) is 24.1 Å². The van der Waals surface area contributed by atoms with Gasteiger partial charge in [-0.3, -0.25) is 0 Å². The monoisotopic (exact) mass is 283 g/mol. The second-order valence-corrected chi connectivity index (χ2v) is 5.95. The van der Waals surface area contributed by atoms with Crippen molar-refractivity contribution in [3.05, 3.63) is 23.2 Å². The maximum atomic E-state index is 6.22. The van der Waals surface area contributed by atoms with Crippen molar-refractivity contribution in [2.45, 2.75) is 39.3 Å². The van der Waals surface area contributed by atoms with E-state index in [-0.39, 0.29) is 5.41 Å². The van der Waals surface area contributed by atoms with Crippen LogP contribution in [0.15, 0.2) is 18.2 Å². The van der Waals surface area contributed by atoms with Gasteiger partial charge in [-0.2, -0.15) is 0 Å². The zero-order valence-corrected chi connectivity index (χ0v) is 12.8. The van der Waals surface area contributed by atoms with E-state index in [2.05, 4.69) is 19.2 Å². The molecule has 0 bridgehead atoms. The predicted molar refractivity (Wildman–Crippen MR) is 79.2 cm³/mol. The van der Waals surface area contributed by atoms with Crippen LogP contribution < -0.4 is 10.1 Å². The van der Waals surface area contributed by atoms with Crippen LogP contribution in [0.4, 0.5) is 5.69 Å². The molecule has 2 atom stereocenters. The quantitative estimate of drug-likeness (QED) is 0.887. The van der Waals surface area contributed by atoms with Gasteiger partial charge in [-0.05, 0) is 25.5 Å². The summed E-state index contributed by atoms with van der Waals surface area (Å²) in [6.45, 7) is 7.25. The number of nitrogens with one attached hydrogen (secondary N) is 1. The molecule has 0 radical (unpaired) electrons. The number of benzene rings is 1. The molecular weight excluding hydrogens is 262 g/mol. The Labute approximate surface area is 120 Å². The molecule has 2 rings (SSSR count). The lowest BCUT2D eigenvalue weighted by atomic mass is 9.64. The van der Waals surface area contributed by atoms with Gasteiger partial charge < -0.3 is 14.8 Å². The summed E-state index contributed by atoms with van der Waals surface area (Å²) in [5.41, 5.74) is 1.04. The third-order valence-electron chi connectivity index (χ3n) is 4.05. The molecule has 0 aliphatic heterocycles. The van der Waals surface area contributed by atoms with Gasteiger partial charge in [0.05, 0.1) is 23.9 Å². The third-order valence-corrected chi connectivity index (χ3v) is 4.38. The fraction of sp³-hybridized carbons (Fsp3) is 0.600. The molecule has 106 valence electrons. The van der Waals surface area contributed by atoms with E-state index in [1.54, 1.807) is 7.11 Å². The van der Waals surface area contributed by atoms with Gasteiger partial charge in [0.2, 0.25) is 0 Å². The Morgan fingerprint density at radius 2 is 2.16 bits per heavy atom. The number of methoxy groups -OCH3 is 1. The predicted octanol–water partition coefficient (Wildman–Crippen LogP) is 3.96. The van der Waals surface area contributed by atoms with Gasteiger partial charge in [-0.15, -0.1) is 0 Å². The number of rotatable bonds is 5. The lowest BCUT2D eigenvalue weighted by molar-refractivity contribution is -0.0975. The third kappa shape index (κ3) is 2.82. The minimum Gasteiger partial charge on any atom is -0.497 e. The van der Waals surface area contributed by atoms with Crippen LogP contribution in [-0.4, -0.2) is 25.9 Å². The molecule has 19 heavy (non-hydrogen) atoms. The van der Waals surface area contributed by atoms with Crippen LogP contribution >= 0.6 is 11.6 Å². The van der Waals surface area contributed by atoms with E-state index in [9.17, 15) is 0 Å². The molecule has 1 aromatic carbocycles. The Morgan fingerprint density at radius 3 is 2.74 bits per heavy atom. The van der Waals surface area contributed by atoms with Gasteiger partial charge >= 0.3 is 0 Å². The number of anilines is 1. The fourth-order valence-corrected chi connectivity index (χ4v) is 2.72. The number of hydrogen-bond donors (Lipinski definition) is 1. The second-order valence-electron chi connectivity index (χ2n) is 5.54. The molecular formula is C15H22ClNO2. The molecule has 1 fully saturated rings. The van der Waals surface area contributed by atoms with Gasteiger partial charge in [0.1, 0.15) is 5.75 Å². The SMILES string of the molecule is CCOC1CC(Nc2cc(OC)ccc2Cl)C1(C)C. The minimum absolute atomic E-state index is 0.114. The topological polar surface area (TPSA) is 30.5 Å². The first-order valence-corrected chi connectivity index (χ1v) is 7.08. The maximum Gasteiger partial charge on any atom is 0.121 e. The molecule has 4 heteroatoms. The van der Waals surface area contributed by atoms with Crippen molar-refractivity contribution in [3.63, 3.8) is 0 Å². The van der Waals surface area contributed by atoms with Crippen molar-refractivity contribution < 1.29 is 9.47 Å². The Morgan fingerprint density at radius 1 is 1.42 bits per heavy atom. The summed E-state index contributed by atoms with van der Waals surface area (Å²) in [6.07, 6.45) is 1.33. The Hall–Kier alpha value is -0.930.